The van der Waals surface area contributed by atoms with E-state index < -0.39 is 0 Å². The van der Waals surface area contributed by atoms with Crippen LogP contribution in [-0.2, 0) is 0 Å². The van der Waals surface area contributed by atoms with Gasteiger partial charge in [-0.15, -0.1) is 0 Å². The van der Waals surface area contributed by atoms with Crippen molar-refractivity contribution in [1.82, 2.24) is 4.72 Å². The SMILES string of the molecule is C=CC1=C(C=C)SNC=N1.CC. The zero-order valence-electron chi connectivity index (χ0n) is 7.50. The average Bonchev–Trinajstić information content (AvgIpc) is 2.20. The summed E-state index contributed by atoms with van der Waals surface area (Å²) in [5.41, 5.74) is 0.874. The Morgan fingerprint density at radius 2 is 2.08 bits per heavy atom. The fourth-order valence-corrected chi connectivity index (χ4v) is 1.16. The van der Waals surface area contributed by atoms with Crippen LogP contribution in [0.4, 0.5) is 0 Å². The van der Waals surface area contributed by atoms with Gasteiger partial charge in [-0.1, -0.05) is 33.1 Å². The predicted molar refractivity (Wildman–Crippen MR) is 58.0 cm³/mol. The third kappa shape index (κ3) is 2.96. The summed E-state index contributed by atoms with van der Waals surface area (Å²) in [6.07, 6.45) is 5.10. The largest absolute Gasteiger partial charge is 0.316 e. The molecule has 1 aliphatic heterocycles. The number of hydrogen-bond donors (Lipinski definition) is 1. The zero-order chi connectivity index (χ0) is 9.40. The minimum Gasteiger partial charge on any atom is -0.316 e. The van der Waals surface area contributed by atoms with Crippen LogP contribution in [0.1, 0.15) is 13.8 Å². The summed E-state index contributed by atoms with van der Waals surface area (Å²) < 4.78 is 2.90. The third-order valence-corrected chi connectivity index (χ3v) is 1.88. The zero-order valence-corrected chi connectivity index (χ0v) is 8.32. The molecule has 0 aromatic rings. The van der Waals surface area contributed by atoms with Crippen molar-refractivity contribution in [1.29, 1.82) is 0 Å². The molecule has 66 valence electrons. The molecule has 0 saturated heterocycles. The highest BCUT2D eigenvalue weighted by Gasteiger charge is 2.02. The summed E-state index contributed by atoms with van der Waals surface area (Å²) in [7, 11) is 0. The van der Waals surface area contributed by atoms with E-state index in [1.54, 1.807) is 18.5 Å². The van der Waals surface area contributed by atoms with Gasteiger partial charge < -0.3 is 4.72 Å². The predicted octanol–water partition coefficient (Wildman–Crippen LogP) is 2.88. The van der Waals surface area contributed by atoms with E-state index in [4.69, 9.17) is 0 Å². The molecule has 0 atom stereocenters. The molecule has 1 heterocycles. The van der Waals surface area contributed by atoms with Crippen molar-refractivity contribution in [2.75, 3.05) is 0 Å². The fourth-order valence-electron chi connectivity index (χ4n) is 0.601. The van der Waals surface area contributed by atoms with Gasteiger partial charge in [0.1, 0.15) is 0 Å². The Morgan fingerprint density at radius 1 is 1.42 bits per heavy atom. The lowest BCUT2D eigenvalue weighted by molar-refractivity contribution is 1.35. The Labute approximate surface area is 78.3 Å². The Kier molecular flexibility index (Phi) is 6.19. The van der Waals surface area contributed by atoms with Crippen molar-refractivity contribution in [2.45, 2.75) is 13.8 Å². The van der Waals surface area contributed by atoms with Gasteiger partial charge in [-0.05, 0) is 18.0 Å². The van der Waals surface area contributed by atoms with Gasteiger partial charge in [-0.3, -0.25) is 0 Å². The van der Waals surface area contributed by atoms with Crippen molar-refractivity contribution in [3.63, 3.8) is 0 Å². The highest BCUT2D eigenvalue weighted by Crippen LogP contribution is 2.21. The van der Waals surface area contributed by atoms with Crippen LogP contribution in [0.15, 0.2) is 40.9 Å². The second-order valence-corrected chi connectivity index (χ2v) is 2.52. The number of nitrogens with zero attached hydrogens (tertiary/aromatic N) is 1. The molecule has 0 spiro atoms. The highest BCUT2D eigenvalue weighted by atomic mass is 32.2. The molecule has 0 aliphatic carbocycles. The van der Waals surface area contributed by atoms with Crippen molar-refractivity contribution < 1.29 is 0 Å². The van der Waals surface area contributed by atoms with Gasteiger partial charge in [-0.25, -0.2) is 4.99 Å². The van der Waals surface area contributed by atoms with Crippen molar-refractivity contribution >= 4 is 18.3 Å². The molecule has 0 fully saturated rings. The first-order chi connectivity index (χ1) is 5.88. The first-order valence-electron chi connectivity index (χ1n) is 3.82. The second-order valence-electron chi connectivity index (χ2n) is 1.64. The number of aliphatic imine (C=N–C) groups is 1. The van der Waals surface area contributed by atoms with Gasteiger partial charge in [0.05, 0.1) is 16.9 Å². The number of nitrogens with one attached hydrogen (secondary N) is 1. The Bertz CT molecular complexity index is 217. The summed E-state index contributed by atoms with van der Waals surface area (Å²) in [4.78, 5) is 5.05. The Morgan fingerprint density at radius 3 is 2.50 bits per heavy atom. The van der Waals surface area contributed by atoms with E-state index in [2.05, 4.69) is 22.9 Å². The summed E-state index contributed by atoms with van der Waals surface area (Å²) >= 11 is 1.49. The van der Waals surface area contributed by atoms with Crippen LogP contribution in [0.5, 0.6) is 0 Å². The van der Waals surface area contributed by atoms with Crippen LogP contribution in [-0.4, -0.2) is 6.34 Å². The maximum absolute atomic E-state index is 4.03. The van der Waals surface area contributed by atoms with Crippen LogP contribution in [0.3, 0.4) is 0 Å². The highest BCUT2D eigenvalue weighted by molar-refractivity contribution is 8.01. The van der Waals surface area contributed by atoms with Crippen molar-refractivity contribution in [2.24, 2.45) is 4.99 Å². The topological polar surface area (TPSA) is 24.4 Å². The average molecular weight is 182 g/mol. The van der Waals surface area contributed by atoms with Gasteiger partial charge in [0.2, 0.25) is 0 Å². The molecule has 0 aromatic heterocycles. The van der Waals surface area contributed by atoms with Crippen LogP contribution >= 0.6 is 11.9 Å². The van der Waals surface area contributed by atoms with Crippen LogP contribution in [0.2, 0.25) is 0 Å². The van der Waals surface area contributed by atoms with Crippen LogP contribution < -0.4 is 4.72 Å². The molecule has 0 radical (unpaired) electrons. The molecule has 0 unspecified atom stereocenters. The number of rotatable bonds is 2. The lowest BCUT2D eigenvalue weighted by Gasteiger charge is -2.07. The number of allylic oxidation sites excluding steroid dienone is 2. The quantitative estimate of drug-likeness (QED) is 0.664. The maximum atomic E-state index is 4.03. The minimum absolute atomic E-state index is 0.874. The normalized spacial score (nSPS) is 14.2. The van der Waals surface area contributed by atoms with Gasteiger partial charge in [0.25, 0.3) is 0 Å². The standard InChI is InChI=1S/C7H8N2S.C2H6/c1-3-6-7(4-2)10-9-5-8-6;1-2/h3-5H,1-2H2,(H,8,9);1-2H3. The van der Waals surface area contributed by atoms with Gasteiger partial charge in [0.15, 0.2) is 0 Å². The molecule has 3 heteroatoms. The monoisotopic (exact) mass is 182 g/mol. The van der Waals surface area contributed by atoms with Crippen LogP contribution in [0.25, 0.3) is 0 Å². The van der Waals surface area contributed by atoms with E-state index in [1.165, 1.54) is 11.9 Å². The van der Waals surface area contributed by atoms with E-state index in [9.17, 15) is 0 Å². The van der Waals surface area contributed by atoms with Crippen molar-refractivity contribution in [3.8, 4) is 0 Å². The fraction of sp³-hybridized carbons (Fsp3) is 0.222. The van der Waals surface area contributed by atoms with E-state index in [0.717, 1.165) is 10.6 Å². The van der Waals surface area contributed by atoms with E-state index >= 15 is 0 Å². The first kappa shape index (κ1) is 11.0. The van der Waals surface area contributed by atoms with Gasteiger partial charge in [-0.2, -0.15) is 0 Å². The van der Waals surface area contributed by atoms with Gasteiger partial charge in [0, 0.05) is 0 Å². The Hall–Kier alpha value is -0.960. The van der Waals surface area contributed by atoms with E-state index in [-0.39, 0.29) is 0 Å². The molecule has 0 aromatic carbocycles. The molecule has 0 saturated carbocycles. The molecular formula is C9H14N2S. The first-order valence-corrected chi connectivity index (χ1v) is 4.64. The molecule has 1 N–H and O–H groups in total. The molecular weight excluding hydrogens is 168 g/mol. The minimum atomic E-state index is 0.874. The van der Waals surface area contributed by atoms with E-state index in [1.807, 2.05) is 13.8 Å². The molecule has 0 amide bonds. The van der Waals surface area contributed by atoms with Crippen LogP contribution in [0, 0.1) is 0 Å². The smallest absolute Gasteiger partial charge is 0.0988 e. The molecule has 12 heavy (non-hydrogen) atoms. The maximum Gasteiger partial charge on any atom is 0.0988 e. The summed E-state index contributed by atoms with van der Waals surface area (Å²) in [6.45, 7) is 11.3. The molecule has 1 aliphatic rings. The molecule has 1 rings (SSSR count). The van der Waals surface area contributed by atoms with Crippen molar-refractivity contribution in [3.05, 3.63) is 35.9 Å². The number of hydrogen-bond acceptors (Lipinski definition) is 3. The summed E-state index contributed by atoms with van der Waals surface area (Å²) in [5.74, 6) is 0. The summed E-state index contributed by atoms with van der Waals surface area (Å²) in [6, 6.07) is 0. The lowest BCUT2D eigenvalue weighted by atomic mass is 10.4. The summed E-state index contributed by atoms with van der Waals surface area (Å²) in [5, 5.41) is 0. The Balaban J connectivity index is 0.000000561. The van der Waals surface area contributed by atoms with Gasteiger partial charge >= 0.3 is 0 Å². The second kappa shape index (κ2) is 6.73. The van der Waals surface area contributed by atoms with E-state index in [0.29, 0.717) is 0 Å². The third-order valence-electron chi connectivity index (χ3n) is 1.06. The lowest BCUT2D eigenvalue weighted by Crippen LogP contribution is -2.04. The molecule has 2 nitrogen and oxygen atoms in total. The molecule has 0 bridgehead atoms.